The predicted molar refractivity (Wildman–Crippen MR) is 485 cm³/mol. The Morgan fingerprint density at radius 1 is 0.426 bits per heavy atom. The first kappa shape index (κ1) is 89.4. The number of methoxy groups -OCH3 is 2. The molecule has 34 heteroatoms. The molecule has 0 saturated heterocycles. The van der Waals surface area contributed by atoms with Gasteiger partial charge in [0.25, 0.3) is 0 Å². The van der Waals surface area contributed by atoms with Crippen molar-refractivity contribution in [3.8, 4) is 67.7 Å². The number of benzene rings is 2. The summed E-state index contributed by atoms with van der Waals surface area (Å²) in [5.74, 6) is 0.487. The minimum absolute atomic E-state index is 0.0440. The molecule has 0 bridgehead atoms. The summed E-state index contributed by atoms with van der Waals surface area (Å²) in [6, 6.07) is 29.0. The third-order valence-corrected chi connectivity index (χ3v) is 23.4. The molecule has 0 aliphatic heterocycles. The highest BCUT2D eigenvalue weighted by Crippen LogP contribution is 2.42. The molecule has 2 aromatic carbocycles. The maximum absolute atomic E-state index is 12.6. The van der Waals surface area contributed by atoms with Gasteiger partial charge in [-0.3, -0.25) is 57.8 Å². The van der Waals surface area contributed by atoms with Crippen molar-refractivity contribution >= 4 is 125 Å². The fraction of sp³-hybridized carbons (Fsp3) is 0.330. The van der Waals surface area contributed by atoms with Crippen LogP contribution in [0.4, 0.5) is 0 Å². The molecule has 0 saturated carbocycles. The van der Waals surface area contributed by atoms with Crippen molar-refractivity contribution in [2.75, 3.05) is 14.2 Å². The van der Waals surface area contributed by atoms with Crippen LogP contribution < -0.4 is 38.9 Å². The zero-order valence-corrected chi connectivity index (χ0v) is 73.4. The molecule has 0 fully saturated rings. The zero-order valence-electron chi connectivity index (χ0n) is 69.6. The average molecular weight is 1750 g/mol. The molecule has 29 nitrogen and oxygen atoms in total. The van der Waals surface area contributed by atoms with Crippen LogP contribution >= 0.6 is 58.0 Å². The van der Waals surface area contributed by atoms with Gasteiger partial charge < -0.3 is 15.2 Å². The van der Waals surface area contributed by atoms with Crippen molar-refractivity contribution in [3.05, 3.63) is 229 Å². The van der Waals surface area contributed by atoms with Crippen molar-refractivity contribution in [1.82, 2.24) is 97.8 Å². The number of pyridine rings is 8. The first-order chi connectivity index (χ1) is 59.1. The number of aromatic nitrogens is 20. The Kier molecular flexibility index (Phi) is 29.5. The molecule has 0 aliphatic carbocycles. The number of nitrogens with two attached hydrogens (primary N) is 1. The van der Waals surface area contributed by atoms with Gasteiger partial charge in [-0.25, -0.2) is 58.9 Å². The maximum atomic E-state index is 12.6. The van der Waals surface area contributed by atoms with E-state index in [9.17, 15) is 24.0 Å². The maximum Gasteiger partial charge on any atom is 0.327 e. The summed E-state index contributed by atoms with van der Waals surface area (Å²) in [5.41, 5.74) is 22.1. The number of nitrogens with one attached hydrogen (secondary N) is 6. The number of fused-ring (bicyclic) bond motifs is 6. The molecule has 0 spiro atoms. The molecule has 16 rings (SSSR count). The summed E-state index contributed by atoms with van der Waals surface area (Å²) in [7, 11) is 3.23. The van der Waals surface area contributed by atoms with Crippen molar-refractivity contribution in [1.29, 1.82) is 5.26 Å². The van der Waals surface area contributed by atoms with Crippen LogP contribution in [0.5, 0.6) is 5.88 Å². The van der Waals surface area contributed by atoms with E-state index in [0.29, 0.717) is 106 Å². The number of H-pyrrole nitrogens is 6. The number of nitrogens with zero attached hydrogens (tertiary/aromatic N) is 15. The van der Waals surface area contributed by atoms with Gasteiger partial charge in [0.15, 0.2) is 28.2 Å². The first-order valence-corrected chi connectivity index (χ1v) is 42.4. The normalized spacial score (nSPS) is 11.5. The standard InChI is InChI=1S/C19H22ClN3O2.C18H18ClN5O.C17H20ClN5O.C17H16ClN5O.C17H19ClN4O2/c1-4-13(5-2)23-17-16(14-9-7-6-8-12(14)11-25-3)15(20)10-21-18(17)22-19(23)24;1-3-12(4-2)24-16-15(13(19)9-20-17(16)22-18(24)25)10-5-6-14-11(7-10)8-21-23-14;2*1-3-12(4-2)23-15-14(10-5-6-20-11(7-10)8-19)13(18)9-21-16(15)22-17(23)24;1-4-10(5-2)22-15-14(12-7-6-8-13(20-12)24-3)11(18)9-19-16(15)21-17(22)23/h6-10,13H,4-5,11H2,1-3H3,(H,21,22,24);5-9,12H,3-4H2,1-2H3,(H,21,23)(H,20,22,25);5-7,9,12H,3-4,8,19H2,1-2H3,(H,21,22,24);5-7,9,12H,3-4H2,1-2H3,(H,21,22,24);6-10H,4-5H2,1-3H3,(H,19,21,23). The van der Waals surface area contributed by atoms with Crippen molar-refractivity contribution in [3.63, 3.8) is 0 Å². The topological polar surface area (TPSA) is 389 Å². The lowest BCUT2D eigenvalue weighted by molar-refractivity contribution is 0.185. The van der Waals surface area contributed by atoms with E-state index >= 15 is 0 Å². The van der Waals surface area contributed by atoms with Crippen LogP contribution in [0, 0.1) is 11.3 Å². The van der Waals surface area contributed by atoms with Gasteiger partial charge in [0, 0.05) is 127 Å². The molecule has 0 unspecified atom stereocenters. The molecule has 8 N–H and O–H groups in total. The van der Waals surface area contributed by atoms with E-state index in [4.69, 9.17) is 78.5 Å². The molecule has 0 radical (unpaired) electrons. The highest BCUT2D eigenvalue weighted by Gasteiger charge is 2.28. The number of rotatable bonds is 24. The number of hydrogen-bond donors (Lipinski definition) is 7. The largest absolute Gasteiger partial charge is 0.481 e. The van der Waals surface area contributed by atoms with E-state index in [-0.39, 0.29) is 58.7 Å². The van der Waals surface area contributed by atoms with Gasteiger partial charge in [-0.2, -0.15) is 10.4 Å². The van der Waals surface area contributed by atoms with Gasteiger partial charge in [-0.15, -0.1) is 0 Å². The van der Waals surface area contributed by atoms with Crippen molar-refractivity contribution in [2.45, 2.75) is 177 Å². The summed E-state index contributed by atoms with van der Waals surface area (Å²) < 4.78 is 19.4. The lowest BCUT2D eigenvalue weighted by atomic mass is 9.99. The van der Waals surface area contributed by atoms with Gasteiger partial charge in [-0.05, 0) is 134 Å². The van der Waals surface area contributed by atoms with E-state index in [2.05, 4.69) is 130 Å². The monoisotopic (exact) mass is 1750 g/mol. The minimum Gasteiger partial charge on any atom is -0.481 e. The van der Waals surface area contributed by atoms with Crippen LogP contribution in [-0.2, 0) is 17.9 Å². The van der Waals surface area contributed by atoms with Crippen LogP contribution in [0.1, 0.15) is 181 Å². The SMILES string of the molecule is CCC(CC)n1c(=O)[nH]c2ncc(Cl)c(-c3ccc4[nH]ncc4c3)c21.CCC(CC)n1c(=O)[nH]c2ncc(Cl)c(-c3cccc(OC)n3)c21.CCC(CC)n1c(=O)[nH]c2ncc(Cl)c(-c3ccccc3COC)c21.CCC(CC)n1c(=O)[nH]c2ncc(Cl)c(-c3ccnc(C#N)c3)c21.CCC(CC)n1c(=O)[nH]c2ncc(Cl)c(-c3ccnc(CN)c3)c21. The molecule has 0 amide bonds. The Morgan fingerprint density at radius 2 is 0.803 bits per heavy atom. The van der Waals surface area contributed by atoms with E-state index in [1.807, 2.05) is 86.6 Å². The van der Waals surface area contributed by atoms with Gasteiger partial charge in [0.2, 0.25) is 5.88 Å². The number of nitriles is 1. The molecule has 122 heavy (non-hydrogen) atoms. The molecule has 0 aliphatic rings. The Hall–Kier alpha value is -11.9. The fourth-order valence-electron chi connectivity index (χ4n) is 15.9. The highest BCUT2D eigenvalue weighted by atomic mass is 35.5. The van der Waals surface area contributed by atoms with Crippen LogP contribution in [0.2, 0.25) is 25.1 Å². The van der Waals surface area contributed by atoms with E-state index < -0.39 is 0 Å². The number of imidazole rings is 5. The lowest BCUT2D eigenvalue weighted by Gasteiger charge is -2.18. The van der Waals surface area contributed by atoms with E-state index in [1.165, 1.54) is 12.4 Å². The second kappa shape index (κ2) is 40.2. The van der Waals surface area contributed by atoms with Crippen molar-refractivity contribution in [2.24, 2.45) is 5.73 Å². The predicted octanol–water partition coefficient (Wildman–Crippen LogP) is 19.6. The summed E-state index contributed by atoms with van der Waals surface area (Å²) in [6.45, 7) is 21.4. The average Bonchev–Trinajstić information content (AvgIpc) is 1.62. The molecule has 634 valence electrons. The number of halogens is 5. The van der Waals surface area contributed by atoms with Crippen LogP contribution in [0.25, 0.3) is 122 Å². The molecule has 0 atom stereocenters. The Morgan fingerprint density at radius 3 is 1.20 bits per heavy atom. The van der Waals surface area contributed by atoms with Crippen molar-refractivity contribution < 1.29 is 9.47 Å². The van der Waals surface area contributed by atoms with Crippen LogP contribution in [0.15, 0.2) is 158 Å². The molecule has 14 heterocycles. The second-order valence-corrected chi connectivity index (χ2v) is 30.9. The van der Waals surface area contributed by atoms with E-state index in [0.717, 1.165) is 142 Å². The Labute approximate surface area is 726 Å². The molecular weight excluding hydrogens is 1650 g/mol. The minimum atomic E-state index is -0.204. The molecule has 14 aromatic heterocycles. The first-order valence-electron chi connectivity index (χ1n) is 40.5. The van der Waals surface area contributed by atoms with Gasteiger partial charge in [0.05, 0.1) is 89.5 Å². The summed E-state index contributed by atoms with van der Waals surface area (Å²) >= 11 is 32.4. The summed E-state index contributed by atoms with van der Waals surface area (Å²) in [4.78, 5) is 111. The Bertz CT molecular complexity index is 6630. The third kappa shape index (κ3) is 18.1. The number of aromatic amines is 6. The smallest absolute Gasteiger partial charge is 0.327 e. The summed E-state index contributed by atoms with van der Waals surface area (Å²) in [6.07, 6.45) is 21.2. The lowest BCUT2D eigenvalue weighted by Crippen LogP contribution is -2.21. The number of ether oxygens (including phenoxy) is 2. The van der Waals surface area contributed by atoms with Gasteiger partial charge in [0.1, 0.15) is 11.8 Å². The van der Waals surface area contributed by atoms with Crippen LogP contribution in [0.3, 0.4) is 0 Å². The Balaban J connectivity index is 0.000000139. The second-order valence-electron chi connectivity index (χ2n) is 28.9. The fourth-order valence-corrected chi connectivity index (χ4v) is 17.1. The molecular formula is C88H95Cl5N22O7. The van der Waals surface area contributed by atoms with E-state index in [1.54, 1.807) is 92.4 Å². The highest BCUT2D eigenvalue weighted by molar-refractivity contribution is 6.36. The quantitative estimate of drug-likeness (QED) is 0.0295. The van der Waals surface area contributed by atoms with Crippen LogP contribution in [-0.4, -0.2) is 112 Å². The number of hydrogen-bond acceptors (Lipinski definition) is 18. The third-order valence-electron chi connectivity index (χ3n) is 22.0. The summed E-state index contributed by atoms with van der Waals surface area (Å²) in [5, 5.41) is 19.5. The zero-order chi connectivity index (χ0) is 87.3. The van der Waals surface area contributed by atoms with Gasteiger partial charge >= 0.3 is 28.4 Å². The van der Waals surface area contributed by atoms with Gasteiger partial charge in [-0.1, -0.05) is 164 Å². The molecule has 16 aromatic rings.